The minimum Gasteiger partial charge on any atom is -0.298 e. The molecular formula is C32H68ClN. The molecule has 0 aliphatic carbocycles. The summed E-state index contributed by atoms with van der Waals surface area (Å²) >= 11 is 0. The van der Waals surface area contributed by atoms with Crippen LogP contribution in [0.1, 0.15) is 189 Å². The summed E-state index contributed by atoms with van der Waals surface area (Å²) in [5.41, 5.74) is 0.329. The number of halogens is 1. The molecule has 0 saturated heterocycles. The monoisotopic (exact) mass is 502 g/mol. The molecule has 0 fully saturated rings. The van der Waals surface area contributed by atoms with E-state index in [9.17, 15) is 0 Å². The van der Waals surface area contributed by atoms with E-state index in [-0.39, 0.29) is 12.4 Å². The number of rotatable bonds is 26. The molecule has 0 saturated carbocycles. The molecule has 0 spiro atoms. The van der Waals surface area contributed by atoms with Gasteiger partial charge in [-0.2, -0.15) is 0 Å². The van der Waals surface area contributed by atoms with Crippen LogP contribution in [0.3, 0.4) is 0 Å². The van der Waals surface area contributed by atoms with Gasteiger partial charge in [0.05, 0.1) is 0 Å². The molecule has 0 atom stereocenters. The molecule has 0 heterocycles. The van der Waals surface area contributed by atoms with Gasteiger partial charge in [-0.1, -0.05) is 155 Å². The summed E-state index contributed by atoms with van der Waals surface area (Å²) in [6, 6.07) is 0. The van der Waals surface area contributed by atoms with Gasteiger partial charge in [-0.15, -0.1) is 12.4 Å². The van der Waals surface area contributed by atoms with Gasteiger partial charge in [-0.3, -0.25) is 4.90 Å². The van der Waals surface area contributed by atoms with Crippen molar-refractivity contribution < 1.29 is 0 Å². The first-order valence-electron chi connectivity index (χ1n) is 15.8. The van der Waals surface area contributed by atoms with Crippen LogP contribution >= 0.6 is 12.4 Å². The molecule has 208 valence electrons. The van der Waals surface area contributed by atoms with Crippen molar-refractivity contribution in [3.8, 4) is 0 Å². The number of nitrogens with zero attached hydrogens (tertiary/aromatic N) is 1. The van der Waals surface area contributed by atoms with Crippen LogP contribution in [-0.2, 0) is 0 Å². The summed E-state index contributed by atoms with van der Waals surface area (Å²) in [6.07, 6.45) is 34.7. The molecule has 0 aromatic heterocycles. The van der Waals surface area contributed by atoms with Gasteiger partial charge in [0.2, 0.25) is 0 Å². The first-order chi connectivity index (χ1) is 16.0. The normalized spacial score (nSPS) is 11.8. The molecule has 0 aliphatic rings. The molecule has 0 unspecified atom stereocenters. The van der Waals surface area contributed by atoms with Crippen LogP contribution < -0.4 is 0 Å². The van der Waals surface area contributed by atoms with E-state index in [2.05, 4.69) is 39.5 Å². The molecule has 0 aromatic carbocycles. The van der Waals surface area contributed by atoms with Gasteiger partial charge in [-0.25, -0.2) is 0 Å². The van der Waals surface area contributed by atoms with Crippen LogP contribution in [0.5, 0.6) is 0 Å². The second kappa shape index (κ2) is 27.8. The smallest absolute Gasteiger partial charge is 0.0125 e. The van der Waals surface area contributed by atoms with E-state index < -0.39 is 0 Å². The molecule has 0 bridgehead atoms. The fraction of sp³-hybridized carbons (Fsp3) is 1.00. The highest BCUT2D eigenvalue weighted by Crippen LogP contribution is 2.18. The van der Waals surface area contributed by atoms with Crippen molar-refractivity contribution in [2.45, 2.75) is 194 Å². The first-order valence-corrected chi connectivity index (χ1v) is 15.8. The Hall–Kier alpha value is 0.250. The van der Waals surface area contributed by atoms with E-state index in [1.54, 1.807) is 0 Å². The third-order valence-electron chi connectivity index (χ3n) is 7.51. The quantitative estimate of drug-likeness (QED) is 0.106. The highest BCUT2D eigenvalue weighted by atomic mass is 35.5. The van der Waals surface area contributed by atoms with Crippen molar-refractivity contribution in [1.29, 1.82) is 0 Å². The van der Waals surface area contributed by atoms with Crippen LogP contribution in [-0.4, -0.2) is 23.5 Å². The van der Waals surface area contributed by atoms with Gasteiger partial charge in [0.15, 0.2) is 0 Å². The largest absolute Gasteiger partial charge is 0.298 e. The molecule has 1 nitrogen and oxygen atoms in total. The fourth-order valence-electron chi connectivity index (χ4n) is 5.07. The van der Waals surface area contributed by atoms with E-state index in [1.807, 2.05) is 0 Å². The van der Waals surface area contributed by atoms with Gasteiger partial charge in [0.25, 0.3) is 0 Å². The summed E-state index contributed by atoms with van der Waals surface area (Å²) in [6.45, 7) is 14.5. The third-order valence-corrected chi connectivity index (χ3v) is 7.51. The predicted octanol–water partition coefficient (Wildman–Crippen LogP) is 11.9. The Morgan fingerprint density at radius 2 is 0.559 bits per heavy atom. The summed E-state index contributed by atoms with van der Waals surface area (Å²) in [5, 5.41) is 0. The SMILES string of the molecule is CCCCCCCCCCCCCCN(CCCCCCCCCCCCCC)C(C)(C)C.Cl. The van der Waals surface area contributed by atoms with Gasteiger partial charge in [0, 0.05) is 5.54 Å². The third kappa shape index (κ3) is 26.8. The number of hydrogen-bond acceptors (Lipinski definition) is 1. The fourth-order valence-corrected chi connectivity index (χ4v) is 5.07. The summed E-state index contributed by atoms with van der Waals surface area (Å²) in [4.78, 5) is 2.76. The molecule has 0 amide bonds. The van der Waals surface area contributed by atoms with E-state index in [0.717, 1.165) is 0 Å². The highest BCUT2D eigenvalue weighted by Gasteiger charge is 2.19. The zero-order valence-electron chi connectivity index (χ0n) is 24.7. The Kier molecular flexibility index (Phi) is 29.8. The second-order valence-corrected chi connectivity index (χ2v) is 11.9. The highest BCUT2D eigenvalue weighted by molar-refractivity contribution is 5.85. The first kappa shape index (κ1) is 36.4. The molecule has 0 N–H and O–H groups in total. The van der Waals surface area contributed by atoms with E-state index in [4.69, 9.17) is 0 Å². The maximum absolute atomic E-state index is 2.76. The number of hydrogen-bond donors (Lipinski definition) is 0. The topological polar surface area (TPSA) is 3.24 Å². The molecule has 0 aliphatic heterocycles. The Bertz CT molecular complexity index is 335. The molecule has 0 aromatic rings. The van der Waals surface area contributed by atoms with Crippen molar-refractivity contribution in [1.82, 2.24) is 4.90 Å². The van der Waals surface area contributed by atoms with Crippen molar-refractivity contribution in [3.05, 3.63) is 0 Å². The van der Waals surface area contributed by atoms with Gasteiger partial charge in [0.1, 0.15) is 0 Å². The molecule has 0 radical (unpaired) electrons. The zero-order chi connectivity index (χ0) is 24.5. The van der Waals surface area contributed by atoms with Gasteiger partial charge in [-0.05, 0) is 46.7 Å². The second-order valence-electron chi connectivity index (χ2n) is 11.9. The zero-order valence-corrected chi connectivity index (χ0v) is 25.6. The van der Waals surface area contributed by atoms with Gasteiger partial charge < -0.3 is 0 Å². The average molecular weight is 502 g/mol. The Labute approximate surface area is 224 Å². The maximum Gasteiger partial charge on any atom is 0.0125 e. The molecule has 2 heteroatoms. The number of unbranched alkanes of at least 4 members (excludes halogenated alkanes) is 22. The minimum absolute atomic E-state index is 0. The minimum atomic E-state index is 0. The van der Waals surface area contributed by atoms with Gasteiger partial charge >= 0.3 is 0 Å². The molecular weight excluding hydrogens is 434 g/mol. The van der Waals surface area contributed by atoms with Crippen LogP contribution in [0.4, 0.5) is 0 Å². The van der Waals surface area contributed by atoms with Crippen molar-refractivity contribution in [3.63, 3.8) is 0 Å². The molecule has 0 rings (SSSR count). The Morgan fingerprint density at radius 3 is 0.765 bits per heavy atom. The van der Waals surface area contributed by atoms with E-state index in [0.29, 0.717) is 5.54 Å². The predicted molar refractivity (Wildman–Crippen MR) is 161 cm³/mol. The van der Waals surface area contributed by atoms with Crippen LogP contribution in [0.15, 0.2) is 0 Å². The lowest BCUT2D eigenvalue weighted by Gasteiger charge is -2.36. The lowest BCUT2D eigenvalue weighted by molar-refractivity contribution is 0.130. The maximum atomic E-state index is 2.76. The van der Waals surface area contributed by atoms with E-state index in [1.165, 1.54) is 167 Å². The van der Waals surface area contributed by atoms with Crippen molar-refractivity contribution in [2.75, 3.05) is 13.1 Å². The summed E-state index contributed by atoms with van der Waals surface area (Å²) < 4.78 is 0. The van der Waals surface area contributed by atoms with Crippen molar-refractivity contribution >= 4 is 12.4 Å². The summed E-state index contributed by atoms with van der Waals surface area (Å²) in [7, 11) is 0. The van der Waals surface area contributed by atoms with Crippen LogP contribution in [0, 0.1) is 0 Å². The Morgan fingerprint density at radius 1 is 0.353 bits per heavy atom. The summed E-state index contributed by atoms with van der Waals surface area (Å²) in [5.74, 6) is 0. The van der Waals surface area contributed by atoms with Crippen molar-refractivity contribution in [2.24, 2.45) is 0 Å². The van der Waals surface area contributed by atoms with Crippen LogP contribution in [0.25, 0.3) is 0 Å². The molecule has 34 heavy (non-hydrogen) atoms. The van der Waals surface area contributed by atoms with E-state index >= 15 is 0 Å². The lowest BCUT2D eigenvalue weighted by atomic mass is 10.0. The lowest BCUT2D eigenvalue weighted by Crippen LogP contribution is -2.42. The van der Waals surface area contributed by atoms with Crippen LogP contribution in [0.2, 0.25) is 0 Å². The Balaban J connectivity index is 0. The standard InChI is InChI=1S/C32H67N.ClH/c1-6-8-10-12-14-16-18-20-22-24-26-28-30-33(32(3,4)5)31-29-27-25-23-21-19-17-15-13-11-9-7-2;/h6-31H2,1-5H3;1H. The average Bonchev–Trinajstić information content (AvgIpc) is 2.78.